The summed E-state index contributed by atoms with van der Waals surface area (Å²) in [5.41, 5.74) is 1.43. The molecular weight excluding hydrogens is 489 g/mol. The number of pyridine rings is 1. The van der Waals surface area contributed by atoms with Crippen LogP contribution in [0.2, 0.25) is 0 Å². The number of hydrazine groups is 1. The van der Waals surface area contributed by atoms with Crippen LogP contribution >= 0.6 is 0 Å². The van der Waals surface area contributed by atoms with Crippen LogP contribution in [0.25, 0.3) is 10.9 Å². The first kappa shape index (κ1) is 24.8. The Hall–Kier alpha value is -3.87. The summed E-state index contributed by atoms with van der Waals surface area (Å²) in [6, 6.07) is 8.45. The number of carbonyl (C=O) groups excluding carboxylic acids is 2. The van der Waals surface area contributed by atoms with Gasteiger partial charge in [0.25, 0.3) is 0 Å². The Bertz CT molecular complexity index is 1360. The quantitative estimate of drug-likeness (QED) is 0.472. The SMILES string of the molecule is N#Cc1ccc(N2C[C@]3(C(=O)NNC(=O)C#CCN4CCOCC4)C[C@]3(C(F)(F)F)C2)c2cccnc12. The topological polar surface area (TPSA) is 111 Å². The predicted molar refractivity (Wildman–Crippen MR) is 126 cm³/mol. The first-order valence-corrected chi connectivity index (χ1v) is 11.7. The summed E-state index contributed by atoms with van der Waals surface area (Å²) in [6.45, 7) is 2.26. The van der Waals surface area contributed by atoms with Crippen molar-refractivity contribution in [2.45, 2.75) is 12.6 Å². The third-order valence-corrected chi connectivity index (χ3v) is 7.40. The number of benzene rings is 1. The van der Waals surface area contributed by atoms with Crippen molar-refractivity contribution in [1.29, 1.82) is 5.26 Å². The second kappa shape index (κ2) is 9.21. The van der Waals surface area contributed by atoms with Crippen molar-refractivity contribution < 1.29 is 27.5 Å². The molecule has 1 aliphatic carbocycles. The number of morpholine rings is 1. The number of piperidine rings is 1. The molecule has 1 saturated carbocycles. The normalized spacial score (nSPS) is 25.0. The molecule has 2 saturated heterocycles. The lowest BCUT2D eigenvalue weighted by atomic mass is 9.95. The predicted octanol–water partition coefficient (Wildman–Crippen LogP) is 1.35. The molecule has 3 fully saturated rings. The summed E-state index contributed by atoms with van der Waals surface area (Å²) >= 11 is 0. The monoisotopic (exact) mass is 512 g/mol. The minimum atomic E-state index is -4.64. The first-order valence-electron chi connectivity index (χ1n) is 11.7. The van der Waals surface area contributed by atoms with Gasteiger partial charge in [-0.2, -0.15) is 18.4 Å². The fourth-order valence-electron chi connectivity index (χ4n) is 5.37. The van der Waals surface area contributed by atoms with Crippen molar-refractivity contribution in [3.05, 3.63) is 36.0 Å². The van der Waals surface area contributed by atoms with E-state index < -0.39 is 35.4 Å². The molecule has 3 heterocycles. The average Bonchev–Trinajstić information content (AvgIpc) is 3.44. The minimum absolute atomic E-state index is 0.202. The highest BCUT2D eigenvalue weighted by atomic mass is 19.4. The van der Waals surface area contributed by atoms with Crippen molar-refractivity contribution in [3.63, 3.8) is 0 Å². The maximum absolute atomic E-state index is 14.3. The molecule has 2 N–H and O–H groups in total. The number of hydrogen-bond donors (Lipinski definition) is 2. The zero-order valence-electron chi connectivity index (χ0n) is 19.7. The van der Waals surface area contributed by atoms with Crippen LogP contribution in [0.15, 0.2) is 30.5 Å². The number of halogens is 3. The molecule has 12 heteroatoms. The maximum atomic E-state index is 14.3. The number of anilines is 1. The molecule has 2 aliphatic heterocycles. The highest BCUT2D eigenvalue weighted by molar-refractivity contribution is 5.98. The van der Waals surface area contributed by atoms with Gasteiger partial charge < -0.3 is 9.64 Å². The number of fused-ring (bicyclic) bond motifs is 2. The maximum Gasteiger partial charge on any atom is 0.397 e. The van der Waals surface area contributed by atoms with Gasteiger partial charge in [0.05, 0.1) is 36.3 Å². The minimum Gasteiger partial charge on any atom is -0.379 e. The van der Waals surface area contributed by atoms with Gasteiger partial charge in [0.1, 0.15) is 11.5 Å². The molecule has 2 aromatic rings. The summed E-state index contributed by atoms with van der Waals surface area (Å²) in [5.74, 6) is 3.32. The molecule has 0 radical (unpaired) electrons. The summed E-state index contributed by atoms with van der Waals surface area (Å²) in [7, 11) is 0. The highest BCUT2D eigenvalue weighted by Crippen LogP contribution is 2.75. The van der Waals surface area contributed by atoms with Crippen molar-refractivity contribution in [1.82, 2.24) is 20.7 Å². The van der Waals surface area contributed by atoms with E-state index in [2.05, 4.69) is 27.7 Å². The fraction of sp³-hybridized carbons (Fsp3) is 0.440. The van der Waals surface area contributed by atoms with Gasteiger partial charge >= 0.3 is 12.1 Å². The van der Waals surface area contributed by atoms with Crippen LogP contribution in [0.3, 0.4) is 0 Å². The van der Waals surface area contributed by atoms with E-state index in [0.29, 0.717) is 55.0 Å². The van der Waals surface area contributed by atoms with Gasteiger partial charge in [-0.25, -0.2) is 0 Å². The number of hydrogen-bond acceptors (Lipinski definition) is 7. The lowest BCUT2D eigenvalue weighted by Gasteiger charge is -2.25. The summed E-state index contributed by atoms with van der Waals surface area (Å²) < 4.78 is 48.0. The van der Waals surface area contributed by atoms with Gasteiger partial charge in [-0.1, -0.05) is 5.92 Å². The summed E-state index contributed by atoms with van der Waals surface area (Å²) in [4.78, 5) is 32.9. The lowest BCUT2D eigenvalue weighted by molar-refractivity contribution is -0.191. The van der Waals surface area contributed by atoms with Gasteiger partial charge in [0.15, 0.2) is 0 Å². The van der Waals surface area contributed by atoms with Crippen LogP contribution in [0.4, 0.5) is 18.9 Å². The molecule has 0 spiro atoms. The zero-order valence-corrected chi connectivity index (χ0v) is 19.7. The van der Waals surface area contributed by atoms with Crippen LogP contribution in [-0.4, -0.2) is 73.8 Å². The smallest absolute Gasteiger partial charge is 0.379 e. The number of alkyl halides is 3. The van der Waals surface area contributed by atoms with Gasteiger partial charge in [0.2, 0.25) is 5.91 Å². The molecule has 1 aromatic carbocycles. The number of nitriles is 1. The number of amides is 2. The molecule has 2 amide bonds. The third kappa shape index (κ3) is 4.22. The molecule has 192 valence electrons. The Morgan fingerprint density at radius 2 is 1.95 bits per heavy atom. The van der Waals surface area contributed by atoms with Gasteiger partial charge in [-0.3, -0.25) is 30.3 Å². The second-order valence-corrected chi connectivity index (χ2v) is 9.44. The van der Waals surface area contributed by atoms with Crippen LogP contribution < -0.4 is 15.8 Å². The molecule has 1 aromatic heterocycles. The van der Waals surface area contributed by atoms with Crippen LogP contribution in [0, 0.1) is 34.0 Å². The molecule has 2 atom stereocenters. The largest absolute Gasteiger partial charge is 0.397 e. The van der Waals surface area contributed by atoms with E-state index in [9.17, 15) is 28.0 Å². The van der Waals surface area contributed by atoms with E-state index in [1.54, 1.807) is 18.2 Å². The Morgan fingerprint density at radius 1 is 1.16 bits per heavy atom. The number of aromatic nitrogens is 1. The van der Waals surface area contributed by atoms with E-state index in [1.807, 2.05) is 11.0 Å². The summed E-state index contributed by atoms with van der Waals surface area (Å²) in [6.07, 6.45) is -3.51. The van der Waals surface area contributed by atoms with Crippen LogP contribution in [-0.2, 0) is 14.3 Å². The Labute approximate surface area is 210 Å². The molecular formula is C25H23F3N6O3. The van der Waals surface area contributed by atoms with Crippen molar-refractivity contribution in [3.8, 4) is 17.9 Å². The summed E-state index contributed by atoms with van der Waals surface area (Å²) in [5, 5.41) is 9.90. The highest BCUT2D eigenvalue weighted by Gasteiger charge is 2.86. The van der Waals surface area contributed by atoms with Gasteiger partial charge in [-0.05, 0) is 36.6 Å². The van der Waals surface area contributed by atoms with E-state index in [1.165, 1.54) is 17.2 Å². The zero-order chi connectivity index (χ0) is 26.3. The molecule has 0 unspecified atom stereocenters. The van der Waals surface area contributed by atoms with E-state index in [0.717, 1.165) is 0 Å². The lowest BCUT2D eigenvalue weighted by Crippen LogP contribution is -2.48. The molecule has 9 nitrogen and oxygen atoms in total. The number of ether oxygens (including phenoxy) is 1. The van der Waals surface area contributed by atoms with E-state index >= 15 is 0 Å². The molecule has 0 bridgehead atoms. The molecule has 37 heavy (non-hydrogen) atoms. The van der Waals surface area contributed by atoms with Gasteiger partial charge in [-0.15, -0.1) is 0 Å². The van der Waals surface area contributed by atoms with Crippen molar-refractivity contribution in [2.75, 3.05) is 50.8 Å². The van der Waals surface area contributed by atoms with Gasteiger partial charge in [0, 0.05) is 43.4 Å². The molecule has 3 aliphatic rings. The van der Waals surface area contributed by atoms with Crippen LogP contribution in [0.1, 0.15) is 12.0 Å². The standard InChI is InChI=1S/C25H23F3N6O3/c26-25(27,28)24-14-23(24,22(36)32-31-20(35)4-2-8-33-9-11-37-12-10-33)15-34(16-24)19-6-5-17(13-29)21-18(19)3-1-7-30-21/h1,3,5-7H,8-12,14-16H2,(H,31,35)(H,32,36)/t23-,24-/m0/s1. The van der Waals surface area contributed by atoms with E-state index in [4.69, 9.17) is 4.74 Å². The number of carbonyl (C=O) groups is 2. The average molecular weight is 512 g/mol. The number of nitrogens with zero attached hydrogens (tertiary/aromatic N) is 4. The Morgan fingerprint density at radius 3 is 2.68 bits per heavy atom. The third-order valence-electron chi connectivity index (χ3n) is 7.40. The number of rotatable bonds is 3. The van der Waals surface area contributed by atoms with E-state index in [-0.39, 0.29) is 13.0 Å². The molecule has 5 rings (SSSR count). The Kier molecular flexibility index (Phi) is 6.18. The second-order valence-electron chi connectivity index (χ2n) is 9.44. The first-order chi connectivity index (χ1) is 17.7. The van der Waals surface area contributed by atoms with Crippen molar-refractivity contribution >= 4 is 28.4 Å². The van der Waals surface area contributed by atoms with Crippen molar-refractivity contribution in [2.24, 2.45) is 10.8 Å². The van der Waals surface area contributed by atoms with Crippen LogP contribution in [0.5, 0.6) is 0 Å². The Balaban J connectivity index is 1.31. The fourth-order valence-corrected chi connectivity index (χ4v) is 5.37. The number of nitrogens with one attached hydrogen (secondary N) is 2.